The Morgan fingerprint density at radius 1 is 0.968 bits per heavy atom. The summed E-state index contributed by atoms with van der Waals surface area (Å²) in [6.07, 6.45) is 0.0513. The molecule has 0 fully saturated rings. The van der Waals surface area contributed by atoms with E-state index in [2.05, 4.69) is 20.9 Å². The fourth-order valence-corrected chi connectivity index (χ4v) is 4.22. The van der Waals surface area contributed by atoms with E-state index >= 15 is 0 Å². The Morgan fingerprint density at radius 3 is 2.32 bits per heavy atom. The average molecular weight is 459 g/mol. The zero-order valence-electron chi connectivity index (χ0n) is 16.5. The number of thioether (sulfide) groups is 1. The third-order valence-corrected chi connectivity index (χ3v) is 5.84. The number of anilines is 3. The van der Waals surface area contributed by atoms with E-state index in [1.54, 1.807) is 35.7 Å². The molecular formula is C21H19FN4O3S2. The lowest BCUT2D eigenvalue weighted by Crippen LogP contribution is -2.15. The van der Waals surface area contributed by atoms with Gasteiger partial charge in [-0.25, -0.2) is 9.37 Å². The summed E-state index contributed by atoms with van der Waals surface area (Å²) in [4.78, 5) is 39.8. The van der Waals surface area contributed by atoms with Crippen LogP contribution in [0.1, 0.15) is 12.6 Å². The van der Waals surface area contributed by atoms with Crippen LogP contribution in [0.4, 0.5) is 21.5 Å². The SMILES string of the molecule is CC(=O)Nc1cccc(NC(=O)CSc2nc(CC(=O)Nc3cccc(F)c3)cs2)c1. The van der Waals surface area contributed by atoms with Gasteiger partial charge < -0.3 is 16.0 Å². The van der Waals surface area contributed by atoms with Crippen LogP contribution in [0.2, 0.25) is 0 Å². The predicted molar refractivity (Wildman–Crippen MR) is 121 cm³/mol. The molecule has 7 nitrogen and oxygen atoms in total. The van der Waals surface area contributed by atoms with Crippen molar-refractivity contribution in [2.45, 2.75) is 17.7 Å². The molecular weight excluding hydrogens is 439 g/mol. The number of hydrogen-bond donors (Lipinski definition) is 3. The molecule has 10 heteroatoms. The number of nitrogens with one attached hydrogen (secondary N) is 3. The van der Waals surface area contributed by atoms with Crippen molar-refractivity contribution in [3.63, 3.8) is 0 Å². The Bertz CT molecular complexity index is 1100. The first-order valence-corrected chi connectivity index (χ1v) is 11.0. The van der Waals surface area contributed by atoms with E-state index in [0.717, 1.165) is 0 Å². The molecule has 0 aliphatic carbocycles. The van der Waals surface area contributed by atoms with E-state index in [0.29, 0.717) is 27.1 Å². The summed E-state index contributed by atoms with van der Waals surface area (Å²) in [6, 6.07) is 12.5. The molecule has 0 bridgehead atoms. The number of carbonyl (C=O) groups is 3. The van der Waals surface area contributed by atoms with Crippen LogP contribution in [0.5, 0.6) is 0 Å². The lowest BCUT2D eigenvalue weighted by atomic mass is 10.2. The molecule has 0 aliphatic rings. The Balaban J connectivity index is 1.47. The number of aromatic nitrogens is 1. The molecule has 0 spiro atoms. The van der Waals surface area contributed by atoms with Crippen LogP contribution < -0.4 is 16.0 Å². The highest BCUT2D eigenvalue weighted by atomic mass is 32.2. The van der Waals surface area contributed by atoms with Crippen molar-refractivity contribution < 1.29 is 18.8 Å². The first-order valence-electron chi connectivity index (χ1n) is 9.17. The summed E-state index contributed by atoms with van der Waals surface area (Å²) in [7, 11) is 0. The average Bonchev–Trinajstić information content (AvgIpc) is 3.13. The van der Waals surface area contributed by atoms with E-state index < -0.39 is 5.82 Å². The first-order chi connectivity index (χ1) is 14.9. The van der Waals surface area contributed by atoms with Crippen LogP contribution in [0.3, 0.4) is 0 Å². The molecule has 31 heavy (non-hydrogen) atoms. The Hall–Kier alpha value is -3.24. The number of hydrogen-bond acceptors (Lipinski definition) is 6. The third kappa shape index (κ3) is 7.50. The van der Waals surface area contributed by atoms with Gasteiger partial charge in [0.05, 0.1) is 17.9 Å². The zero-order valence-corrected chi connectivity index (χ0v) is 18.1. The molecule has 1 heterocycles. The number of rotatable bonds is 8. The Morgan fingerprint density at radius 2 is 1.61 bits per heavy atom. The molecule has 160 valence electrons. The molecule has 0 saturated carbocycles. The van der Waals surface area contributed by atoms with Crippen molar-refractivity contribution in [1.82, 2.24) is 4.98 Å². The van der Waals surface area contributed by atoms with Gasteiger partial charge in [-0.15, -0.1) is 11.3 Å². The highest BCUT2D eigenvalue weighted by Crippen LogP contribution is 2.24. The molecule has 3 aromatic rings. The fraction of sp³-hybridized carbons (Fsp3) is 0.143. The smallest absolute Gasteiger partial charge is 0.234 e. The van der Waals surface area contributed by atoms with Gasteiger partial charge in [-0.05, 0) is 36.4 Å². The van der Waals surface area contributed by atoms with E-state index in [1.165, 1.54) is 48.2 Å². The van der Waals surface area contributed by atoms with E-state index in [9.17, 15) is 18.8 Å². The highest BCUT2D eigenvalue weighted by molar-refractivity contribution is 8.01. The van der Waals surface area contributed by atoms with Gasteiger partial charge >= 0.3 is 0 Å². The number of thiazole rings is 1. The van der Waals surface area contributed by atoms with Gasteiger partial charge in [0.2, 0.25) is 17.7 Å². The first kappa shape index (κ1) is 22.4. The number of carbonyl (C=O) groups excluding carboxylic acids is 3. The Kier molecular flexibility index (Phi) is 7.74. The minimum Gasteiger partial charge on any atom is -0.326 e. The quantitative estimate of drug-likeness (QED) is 0.440. The summed E-state index contributed by atoms with van der Waals surface area (Å²) in [5.74, 6) is -0.990. The van der Waals surface area contributed by atoms with Gasteiger partial charge in [-0.3, -0.25) is 14.4 Å². The topological polar surface area (TPSA) is 100 Å². The van der Waals surface area contributed by atoms with Gasteiger partial charge in [0.25, 0.3) is 0 Å². The second-order valence-corrected chi connectivity index (χ2v) is 8.52. The number of amides is 3. The van der Waals surface area contributed by atoms with Crippen molar-refractivity contribution in [2.24, 2.45) is 0 Å². The van der Waals surface area contributed by atoms with Gasteiger partial charge in [-0.2, -0.15) is 0 Å². The summed E-state index contributed by atoms with van der Waals surface area (Å²) in [5, 5.41) is 9.80. The summed E-state index contributed by atoms with van der Waals surface area (Å²) in [5.41, 5.74) is 2.13. The summed E-state index contributed by atoms with van der Waals surface area (Å²) in [6.45, 7) is 1.41. The maximum atomic E-state index is 13.2. The molecule has 3 amide bonds. The predicted octanol–water partition coefficient (Wildman–Crippen LogP) is 4.15. The molecule has 3 rings (SSSR count). The van der Waals surface area contributed by atoms with Gasteiger partial charge in [0.1, 0.15) is 5.82 Å². The second kappa shape index (κ2) is 10.7. The van der Waals surface area contributed by atoms with Crippen LogP contribution in [-0.2, 0) is 20.8 Å². The van der Waals surface area contributed by atoms with Crippen molar-refractivity contribution in [2.75, 3.05) is 21.7 Å². The van der Waals surface area contributed by atoms with Crippen LogP contribution >= 0.6 is 23.1 Å². The minimum absolute atomic E-state index is 0.0513. The monoisotopic (exact) mass is 458 g/mol. The standard InChI is InChI=1S/C21H19FN4O3S2/c1-13(27)23-16-6-3-7-17(9-16)25-20(29)12-31-21-26-18(11-30-21)10-19(28)24-15-5-2-4-14(22)8-15/h2-9,11H,10,12H2,1H3,(H,23,27)(H,24,28)(H,25,29). The lowest BCUT2D eigenvalue weighted by Gasteiger charge is -2.07. The molecule has 1 aromatic heterocycles. The normalized spacial score (nSPS) is 10.4. The van der Waals surface area contributed by atoms with Crippen LogP contribution in [0.25, 0.3) is 0 Å². The van der Waals surface area contributed by atoms with Crippen molar-refractivity contribution in [1.29, 1.82) is 0 Å². The number of benzene rings is 2. The molecule has 3 N–H and O–H groups in total. The molecule has 2 aromatic carbocycles. The lowest BCUT2D eigenvalue weighted by molar-refractivity contribution is -0.116. The molecule has 0 atom stereocenters. The van der Waals surface area contributed by atoms with E-state index in [4.69, 9.17) is 0 Å². The summed E-state index contributed by atoms with van der Waals surface area (Å²) >= 11 is 2.60. The number of nitrogens with zero attached hydrogens (tertiary/aromatic N) is 1. The fourth-order valence-electron chi connectivity index (χ4n) is 2.57. The van der Waals surface area contributed by atoms with Gasteiger partial charge in [-0.1, -0.05) is 23.9 Å². The van der Waals surface area contributed by atoms with Crippen LogP contribution in [-0.4, -0.2) is 28.5 Å². The maximum Gasteiger partial charge on any atom is 0.234 e. The highest BCUT2D eigenvalue weighted by Gasteiger charge is 2.11. The zero-order chi connectivity index (χ0) is 22.2. The largest absolute Gasteiger partial charge is 0.326 e. The minimum atomic E-state index is -0.426. The van der Waals surface area contributed by atoms with Crippen molar-refractivity contribution in [3.8, 4) is 0 Å². The third-order valence-electron chi connectivity index (χ3n) is 3.77. The van der Waals surface area contributed by atoms with Crippen LogP contribution in [0, 0.1) is 5.82 Å². The molecule has 0 saturated heterocycles. The van der Waals surface area contributed by atoms with Gasteiger partial charge in [0, 0.05) is 29.4 Å². The maximum absolute atomic E-state index is 13.2. The second-order valence-electron chi connectivity index (χ2n) is 6.44. The van der Waals surface area contributed by atoms with Crippen molar-refractivity contribution in [3.05, 3.63) is 65.4 Å². The van der Waals surface area contributed by atoms with Crippen LogP contribution in [0.15, 0.2) is 58.3 Å². The molecule has 0 aliphatic heterocycles. The van der Waals surface area contributed by atoms with E-state index in [-0.39, 0.29) is 29.9 Å². The molecule has 0 radical (unpaired) electrons. The van der Waals surface area contributed by atoms with Gasteiger partial charge in [0.15, 0.2) is 4.34 Å². The van der Waals surface area contributed by atoms with E-state index in [1.807, 2.05) is 0 Å². The Labute approximate surface area is 186 Å². The van der Waals surface area contributed by atoms with Crippen molar-refractivity contribution >= 4 is 57.9 Å². The molecule has 0 unspecified atom stereocenters. The summed E-state index contributed by atoms with van der Waals surface area (Å²) < 4.78 is 13.9. The number of halogens is 1.